The van der Waals surface area contributed by atoms with Crippen LogP contribution in [0, 0.1) is 5.82 Å². The van der Waals surface area contributed by atoms with Crippen molar-refractivity contribution in [2.24, 2.45) is 0 Å². The van der Waals surface area contributed by atoms with Gasteiger partial charge in [-0.3, -0.25) is 4.90 Å². The van der Waals surface area contributed by atoms with E-state index in [9.17, 15) is 14.0 Å². The predicted octanol–water partition coefficient (Wildman–Crippen LogP) is 4.72. The Bertz CT molecular complexity index is 1010. The summed E-state index contributed by atoms with van der Waals surface area (Å²) in [7, 11) is 1.48. The number of likely N-dealkylation sites (N-methyl/N-ethyl adjacent to an activating group) is 1. The lowest BCUT2D eigenvalue weighted by Crippen LogP contribution is -2.48. The van der Waals surface area contributed by atoms with E-state index in [-0.39, 0.29) is 40.3 Å². The van der Waals surface area contributed by atoms with E-state index in [1.807, 2.05) is 0 Å². The van der Waals surface area contributed by atoms with Gasteiger partial charge in [0.05, 0.1) is 34.0 Å². The van der Waals surface area contributed by atoms with Crippen molar-refractivity contribution in [2.75, 3.05) is 20.3 Å². The van der Waals surface area contributed by atoms with E-state index in [0.717, 1.165) is 0 Å². The Hall–Kier alpha value is -2.77. The number of carbonyl (C=O) groups excluding carboxylic acids is 2. The molecule has 0 aromatic heterocycles. The summed E-state index contributed by atoms with van der Waals surface area (Å²) in [5.41, 5.74) is 0.776. The van der Waals surface area contributed by atoms with Gasteiger partial charge >= 0.3 is 12.0 Å². The molecule has 1 heterocycles. The first-order valence-corrected chi connectivity index (χ1v) is 9.86. The van der Waals surface area contributed by atoms with Crippen LogP contribution in [0.3, 0.4) is 0 Å². The summed E-state index contributed by atoms with van der Waals surface area (Å²) in [6.07, 6.45) is 0. The van der Waals surface area contributed by atoms with Crippen molar-refractivity contribution >= 4 is 35.2 Å². The van der Waals surface area contributed by atoms with E-state index in [4.69, 9.17) is 32.7 Å². The van der Waals surface area contributed by atoms with Gasteiger partial charge in [0.2, 0.25) is 0 Å². The van der Waals surface area contributed by atoms with Gasteiger partial charge in [0.25, 0.3) is 0 Å². The number of esters is 1. The van der Waals surface area contributed by atoms with Crippen LogP contribution >= 0.6 is 23.2 Å². The van der Waals surface area contributed by atoms with Crippen molar-refractivity contribution < 1.29 is 23.5 Å². The van der Waals surface area contributed by atoms with Gasteiger partial charge in [-0.2, -0.15) is 0 Å². The number of nitrogens with one attached hydrogen (secondary N) is 1. The summed E-state index contributed by atoms with van der Waals surface area (Å²) in [4.78, 5) is 26.7. The average Bonchev–Trinajstić information content (AvgIpc) is 2.72. The van der Waals surface area contributed by atoms with E-state index in [0.29, 0.717) is 5.56 Å². The highest BCUT2D eigenvalue weighted by Gasteiger charge is 2.38. The van der Waals surface area contributed by atoms with Gasteiger partial charge in [-0.25, -0.2) is 14.0 Å². The highest BCUT2D eigenvalue weighted by molar-refractivity contribution is 6.42. The van der Waals surface area contributed by atoms with Gasteiger partial charge in [0.15, 0.2) is 11.6 Å². The molecule has 0 spiro atoms. The number of urea groups is 1. The van der Waals surface area contributed by atoms with E-state index >= 15 is 0 Å². The second kappa shape index (κ2) is 9.36. The number of halogens is 3. The molecule has 3 rings (SSSR count). The van der Waals surface area contributed by atoms with Crippen LogP contribution < -0.4 is 10.1 Å². The first-order chi connectivity index (χ1) is 14.3. The monoisotopic (exact) mass is 452 g/mol. The molecular weight excluding hydrogens is 434 g/mol. The van der Waals surface area contributed by atoms with Crippen LogP contribution in [0.5, 0.6) is 5.75 Å². The Kier molecular flexibility index (Phi) is 6.84. The summed E-state index contributed by atoms with van der Waals surface area (Å²) in [5, 5.41) is 3.21. The third kappa shape index (κ3) is 4.37. The molecule has 30 heavy (non-hydrogen) atoms. The average molecular weight is 453 g/mol. The molecule has 9 heteroatoms. The maximum Gasteiger partial charge on any atom is 0.338 e. The molecule has 0 radical (unpaired) electrons. The number of benzene rings is 2. The number of para-hydroxylation sites is 1. The molecule has 1 aliphatic rings. The minimum Gasteiger partial charge on any atom is -0.484 e. The van der Waals surface area contributed by atoms with Crippen molar-refractivity contribution in [3.05, 3.63) is 75.2 Å². The molecule has 6 nitrogen and oxygen atoms in total. The number of rotatable bonds is 6. The topological polar surface area (TPSA) is 67.9 Å². The van der Waals surface area contributed by atoms with Crippen LogP contribution in [0.25, 0.3) is 0 Å². The molecule has 0 bridgehead atoms. The molecule has 0 fully saturated rings. The lowest BCUT2D eigenvalue weighted by Gasteiger charge is -2.34. The summed E-state index contributed by atoms with van der Waals surface area (Å²) in [6.45, 7) is 1.55. The molecule has 0 aliphatic carbocycles. The van der Waals surface area contributed by atoms with E-state index in [1.54, 1.807) is 31.2 Å². The fraction of sp³-hybridized carbons (Fsp3) is 0.238. The zero-order valence-corrected chi connectivity index (χ0v) is 17.8. The number of hydrogen-bond donors (Lipinski definition) is 1. The van der Waals surface area contributed by atoms with E-state index in [1.165, 1.54) is 30.1 Å². The van der Waals surface area contributed by atoms with Crippen molar-refractivity contribution in [2.45, 2.75) is 13.0 Å². The summed E-state index contributed by atoms with van der Waals surface area (Å²) < 4.78 is 24.8. The Morgan fingerprint density at radius 3 is 2.63 bits per heavy atom. The molecule has 1 atom stereocenters. The van der Waals surface area contributed by atoms with Crippen LogP contribution in [0.15, 0.2) is 53.7 Å². The zero-order chi connectivity index (χ0) is 21.8. The van der Waals surface area contributed by atoms with Gasteiger partial charge in [-0.15, -0.1) is 0 Å². The fourth-order valence-corrected chi connectivity index (χ4v) is 3.48. The third-order valence-electron chi connectivity index (χ3n) is 4.57. The molecule has 158 valence electrons. The highest BCUT2D eigenvalue weighted by atomic mass is 35.5. The normalized spacial score (nSPS) is 16.4. The number of hydrogen-bond acceptors (Lipinski definition) is 4. The van der Waals surface area contributed by atoms with Crippen molar-refractivity contribution in [1.29, 1.82) is 0 Å². The van der Waals surface area contributed by atoms with Crippen molar-refractivity contribution in [3.8, 4) is 5.75 Å². The zero-order valence-electron chi connectivity index (χ0n) is 16.2. The summed E-state index contributed by atoms with van der Waals surface area (Å²) in [5.74, 6) is -1.23. The third-order valence-corrected chi connectivity index (χ3v) is 5.40. The van der Waals surface area contributed by atoms with Crippen LogP contribution in [0.4, 0.5) is 9.18 Å². The molecular formula is C21H19Cl2FN2O4. The quantitative estimate of drug-likeness (QED) is 0.643. The van der Waals surface area contributed by atoms with Crippen LogP contribution in [0.2, 0.25) is 10.0 Å². The van der Waals surface area contributed by atoms with Gasteiger partial charge in [-0.1, -0.05) is 47.5 Å². The van der Waals surface area contributed by atoms with Crippen molar-refractivity contribution in [3.63, 3.8) is 0 Å². The predicted molar refractivity (Wildman–Crippen MR) is 111 cm³/mol. The van der Waals surface area contributed by atoms with Gasteiger partial charge in [0, 0.05) is 7.05 Å². The van der Waals surface area contributed by atoms with Crippen LogP contribution in [0.1, 0.15) is 18.5 Å². The molecule has 1 unspecified atom stereocenters. The SMILES string of the molecule is CCOC(=O)C1=C(COc2ccccc2F)N(C)C(=O)NC1c1cccc(Cl)c1Cl. The molecule has 2 amide bonds. The van der Waals surface area contributed by atoms with Crippen LogP contribution in [-0.4, -0.2) is 37.2 Å². The highest BCUT2D eigenvalue weighted by Crippen LogP contribution is 2.37. The Morgan fingerprint density at radius 1 is 1.20 bits per heavy atom. The molecule has 0 saturated carbocycles. The minimum atomic E-state index is -0.918. The molecule has 1 N–H and O–H groups in total. The maximum absolute atomic E-state index is 14.0. The van der Waals surface area contributed by atoms with Gasteiger partial charge in [-0.05, 0) is 30.7 Å². The minimum absolute atomic E-state index is 0.00933. The Morgan fingerprint density at radius 2 is 1.93 bits per heavy atom. The smallest absolute Gasteiger partial charge is 0.338 e. The lowest BCUT2D eigenvalue weighted by atomic mass is 9.94. The Labute approximate surface area is 183 Å². The standard InChI is InChI=1S/C21H19Cl2FN2O4/c1-3-29-20(27)17-15(11-30-16-10-5-4-9-14(16)24)26(2)21(28)25-19(17)12-7-6-8-13(22)18(12)23/h4-10,19H,3,11H2,1-2H3,(H,25,28). The van der Waals surface area contributed by atoms with Gasteiger partial charge < -0.3 is 14.8 Å². The van der Waals surface area contributed by atoms with Crippen LogP contribution in [-0.2, 0) is 9.53 Å². The number of ether oxygens (including phenoxy) is 2. The second-order valence-corrected chi connectivity index (χ2v) is 7.17. The fourth-order valence-electron chi connectivity index (χ4n) is 3.07. The van der Waals surface area contributed by atoms with Gasteiger partial charge in [0.1, 0.15) is 6.61 Å². The number of carbonyl (C=O) groups is 2. The molecule has 1 aliphatic heterocycles. The molecule has 0 saturated heterocycles. The lowest BCUT2D eigenvalue weighted by molar-refractivity contribution is -0.139. The second-order valence-electron chi connectivity index (χ2n) is 6.38. The largest absolute Gasteiger partial charge is 0.484 e. The number of nitrogens with zero attached hydrogens (tertiary/aromatic N) is 1. The first kappa shape index (κ1) is 21.9. The molecule has 2 aromatic carbocycles. The number of amides is 2. The maximum atomic E-state index is 14.0. The van der Waals surface area contributed by atoms with E-state index in [2.05, 4.69) is 5.32 Å². The van der Waals surface area contributed by atoms with Crippen molar-refractivity contribution in [1.82, 2.24) is 10.2 Å². The summed E-state index contributed by atoms with van der Waals surface area (Å²) in [6, 6.07) is 9.35. The first-order valence-electron chi connectivity index (χ1n) is 9.10. The molecule has 2 aromatic rings. The Balaban J connectivity index is 2.09. The summed E-state index contributed by atoms with van der Waals surface area (Å²) >= 11 is 12.5. The van der Waals surface area contributed by atoms with E-state index < -0.39 is 23.9 Å².